The van der Waals surface area contributed by atoms with Gasteiger partial charge in [-0.25, -0.2) is 0 Å². The highest BCUT2D eigenvalue weighted by atomic mass is 35.6. The van der Waals surface area contributed by atoms with Crippen LogP contribution < -0.4 is 0 Å². The number of nitrogens with zero attached hydrogens (tertiary/aromatic N) is 3. The number of aryl methyl sites for hydroxylation is 1. The second-order valence-corrected chi connectivity index (χ2v) is 7.19. The first-order chi connectivity index (χ1) is 10.8. The molecule has 0 heterocycles. The molecule has 0 aliphatic rings. The van der Waals surface area contributed by atoms with E-state index in [1.165, 1.54) is 5.56 Å². The van der Waals surface area contributed by atoms with Gasteiger partial charge in [-0.05, 0) is 30.9 Å². The van der Waals surface area contributed by atoms with Crippen LogP contribution in [-0.4, -0.2) is 22.3 Å². The molecule has 0 aliphatic heterocycles. The third-order valence-electron chi connectivity index (χ3n) is 2.98. The van der Waals surface area contributed by atoms with Gasteiger partial charge in [0.2, 0.25) is 5.90 Å². The molecule has 1 unspecified atom stereocenters. The van der Waals surface area contributed by atoms with Gasteiger partial charge in [0.25, 0.3) is 3.79 Å². The summed E-state index contributed by atoms with van der Waals surface area (Å²) < 4.78 is 3.14. The molecule has 1 rings (SSSR count). The third-order valence-corrected chi connectivity index (χ3v) is 3.50. The monoisotopic (exact) mass is 374 g/mol. The van der Waals surface area contributed by atoms with Gasteiger partial charge in [0.1, 0.15) is 6.61 Å². The van der Waals surface area contributed by atoms with Crippen molar-refractivity contribution in [1.29, 1.82) is 5.41 Å². The van der Waals surface area contributed by atoms with E-state index in [-0.39, 0.29) is 6.61 Å². The summed E-state index contributed by atoms with van der Waals surface area (Å²) in [6.45, 7) is 1.89. The van der Waals surface area contributed by atoms with Crippen molar-refractivity contribution in [1.82, 2.24) is 0 Å². The Labute approximate surface area is 150 Å². The van der Waals surface area contributed by atoms with Gasteiger partial charge in [0, 0.05) is 4.91 Å². The van der Waals surface area contributed by atoms with E-state index < -0.39 is 15.7 Å². The Bertz CT molecular complexity index is 592. The summed E-state index contributed by atoms with van der Waals surface area (Å²) in [6, 6.07) is 9.51. The maximum absolute atomic E-state index is 8.62. The highest BCUT2D eigenvalue weighted by Gasteiger charge is 2.28. The molecule has 0 spiro atoms. The average Bonchev–Trinajstić information content (AvgIpc) is 2.50. The SMILES string of the molecule is CC(=CC(COC(=N)C(Cl)(Cl)Cl)N=[N+]=[N-])CCc1ccccc1. The fraction of sp³-hybridized carbons (Fsp3) is 0.400. The summed E-state index contributed by atoms with van der Waals surface area (Å²) in [5, 5.41) is 11.1. The first kappa shape index (κ1) is 19.7. The van der Waals surface area contributed by atoms with E-state index >= 15 is 0 Å². The van der Waals surface area contributed by atoms with Crippen molar-refractivity contribution in [3.63, 3.8) is 0 Å². The average molecular weight is 376 g/mol. The summed E-state index contributed by atoms with van der Waals surface area (Å²) in [5.41, 5.74) is 10.9. The van der Waals surface area contributed by atoms with E-state index in [0.29, 0.717) is 0 Å². The van der Waals surface area contributed by atoms with Crippen LogP contribution in [0.2, 0.25) is 0 Å². The molecule has 0 aliphatic carbocycles. The topological polar surface area (TPSA) is 81.8 Å². The Morgan fingerprint density at radius 3 is 2.61 bits per heavy atom. The number of halogens is 3. The Kier molecular flexibility index (Phi) is 8.28. The number of benzene rings is 1. The lowest BCUT2D eigenvalue weighted by atomic mass is 10.0. The molecule has 23 heavy (non-hydrogen) atoms. The number of alkyl halides is 3. The lowest BCUT2D eigenvalue weighted by Gasteiger charge is -2.15. The Balaban J connectivity index is 2.59. The Morgan fingerprint density at radius 1 is 1.39 bits per heavy atom. The number of nitrogens with one attached hydrogen (secondary N) is 1. The zero-order chi connectivity index (χ0) is 17.3. The van der Waals surface area contributed by atoms with Crippen molar-refractivity contribution in [2.45, 2.75) is 29.6 Å². The third kappa shape index (κ3) is 8.14. The van der Waals surface area contributed by atoms with Crippen LogP contribution in [0.15, 0.2) is 47.1 Å². The summed E-state index contributed by atoms with van der Waals surface area (Å²) in [5.74, 6) is -0.504. The van der Waals surface area contributed by atoms with Crippen LogP contribution in [0.4, 0.5) is 0 Å². The van der Waals surface area contributed by atoms with Gasteiger partial charge < -0.3 is 4.74 Å². The highest BCUT2D eigenvalue weighted by Crippen LogP contribution is 2.27. The number of ether oxygens (including phenoxy) is 1. The maximum Gasteiger partial charge on any atom is 0.265 e. The molecule has 1 aromatic carbocycles. The fourth-order valence-corrected chi connectivity index (χ4v) is 1.99. The van der Waals surface area contributed by atoms with Crippen molar-refractivity contribution >= 4 is 40.7 Å². The van der Waals surface area contributed by atoms with E-state index in [4.69, 9.17) is 50.5 Å². The second-order valence-electron chi connectivity index (χ2n) is 4.91. The molecular weight excluding hydrogens is 359 g/mol. The molecule has 1 atom stereocenters. The molecule has 0 amide bonds. The first-order valence-electron chi connectivity index (χ1n) is 6.87. The molecule has 0 saturated carbocycles. The predicted octanol–water partition coefficient (Wildman–Crippen LogP) is 5.61. The zero-order valence-electron chi connectivity index (χ0n) is 12.5. The van der Waals surface area contributed by atoms with E-state index in [2.05, 4.69) is 22.2 Å². The number of rotatable bonds is 7. The molecule has 0 fully saturated rings. The number of hydrogen-bond donors (Lipinski definition) is 1. The largest absolute Gasteiger partial charge is 0.477 e. The van der Waals surface area contributed by atoms with Crippen molar-refractivity contribution in [2.24, 2.45) is 5.11 Å². The lowest BCUT2D eigenvalue weighted by molar-refractivity contribution is 0.285. The van der Waals surface area contributed by atoms with Crippen molar-refractivity contribution in [2.75, 3.05) is 6.61 Å². The fourth-order valence-electron chi connectivity index (χ4n) is 1.83. The maximum atomic E-state index is 8.62. The summed E-state index contributed by atoms with van der Waals surface area (Å²) >= 11 is 16.6. The highest BCUT2D eigenvalue weighted by molar-refractivity contribution is 6.76. The molecular formula is C15H17Cl3N4O. The number of azide groups is 1. The van der Waals surface area contributed by atoms with E-state index in [9.17, 15) is 0 Å². The van der Waals surface area contributed by atoms with Gasteiger partial charge in [-0.1, -0.05) is 81.9 Å². The van der Waals surface area contributed by atoms with Gasteiger partial charge >= 0.3 is 0 Å². The first-order valence-corrected chi connectivity index (χ1v) is 8.00. The Hall–Kier alpha value is -1.39. The molecule has 8 heteroatoms. The van der Waals surface area contributed by atoms with Crippen LogP contribution in [0.3, 0.4) is 0 Å². The number of allylic oxidation sites excluding steroid dienone is 1. The van der Waals surface area contributed by atoms with Crippen LogP contribution in [0.25, 0.3) is 10.4 Å². The van der Waals surface area contributed by atoms with Gasteiger partial charge in [-0.3, -0.25) is 5.41 Å². The van der Waals surface area contributed by atoms with Crippen LogP contribution in [0, 0.1) is 5.41 Å². The summed E-state index contributed by atoms with van der Waals surface area (Å²) in [6.07, 6.45) is 3.51. The minimum absolute atomic E-state index is 0.0561. The molecule has 124 valence electrons. The van der Waals surface area contributed by atoms with Crippen LogP contribution in [0.1, 0.15) is 18.9 Å². The van der Waals surface area contributed by atoms with Crippen LogP contribution >= 0.6 is 34.8 Å². The van der Waals surface area contributed by atoms with Crippen molar-refractivity contribution < 1.29 is 4.74 Å². The van der Waals surface area contributed by atoms with Gasteiger partial charge in [0.15, 0.2) is 0 Å². The molecule has 0 saturated heterocycles. The smallest absolute Gasteiger partial charge is 0.265 e. The minimum atomic E-state index is -1.92. The summed E-state index contributed by atoms with van der Waals surface area (Å²) in [4.78, 5) is 2.78. The molecule has 1 N–H and O–H groups in total. The van der Waals surface area contributed by atoms with Crippen LogP contribution in [0.5, 0.6) is 0 Å². The second kappa shape index (κ2) is 9.68. The van der Waals surface area contributed by atoms with E-state index in [0.717, 1.165) is 18.4 Å². The van der Waals surface area contributed by atoms with Crippen molar-refractivity contribution in [3.8, 4) is 0 Å². The molecule has 0 radical (unpaired) electrons. The van der Waals surface area contributed by atoms with Gasteiger partial charge in [-0.15, -0.1) is 0 Å². The quantitative estimate of drug-likeness (QED) is 0.126. The normalized spacial score (nSPS) is 13.1. The van der Waals surface area contributed by atoms with Crippen molar-refractivity contribution in [3.05, 3.63) is 58.0 Å². The molecule has 5 nitrogen and oxygen atoms in total. The minimum Gasteiger partial charge on any atom is -0.477 e. The lowest BCUT2D eigenvalue weighted by Crippen LogP contribution is -2.24. The Morgan fingerprint density at radius 2 is 2.04 bits per heavy atom. The summed E-state index contributed by atoms with van der Waals surface area (Å²) in [7, 11) is 0. The van der Waals surface area contributed by atoms with Gasteiger partial charge in [-0.2, -0.15) is 0 Å². The molecule has 0 aromatic heterocycles. The zero-order valence-corrected chi connectivity index (χ0v) is 14.8. The van der Waals surface area contributed by atoms with E-state index in [1.54, 1.807) is 6.08 Å². The predicted molar refractivity (Wildman–Crippen MR) is 95.4 cm³/mol. The van der Waals surface area contributed by atoms with Crippen LogP contribution in [-0.2, 0) is 11.2 Å². The molecule has 1 aromatic rings. The molecule has 0 bridgehead atoms. The van der Waals surface area contributed by atoms with E-state index in [1.807, 2.05) is 25.1 Å². The number of hydrogen-bond acceptors (Lipinski definition) is 3. The standard InChI is InChI=1S/C15H17Cl3N4O/c1-11(7-8-12-5-3-2-4-6-12)9-13(21-22-20)10-23-14(19)15(16,17)18/h2-6,9,13,19H,7-8,10H2,1H3. The van der Waals surface area contributed by atoms with Gasteiger partial charge in [0.05, 0.1) is 6.04 Å².